The highest BCUT2D eigenvalue weighted by molar-refractivity contribution is 5.25. The summed E-state index contributed by atoms with van der Waals surface area (Å²) in [6.07, 6.45) is 19.1. The van der Waals surface area contributed by atoms with Crippen LogP contribution in [-0.4, -0.2) is 11.2 Å². The summed E-state index contributed by atoms with van der Waals surface area (Å²) >= 11 is 0. The highest BCUT2D eigenvalue weighted by atomic mass is 16.3. The zero-order valence-electron chi connectivity index (χ0n) is 20.7. The number of aliphatic hydroxyl groups excluding tert-OH is 1. The molecule has 0 heterocycles. The number of rotatable bonds is 5. The predicted molar refractivity (Wildman–Crippen MR) is 128 cm³/mol. The van der Waals surface area contributed by atoms with Crippen LogP contribution in [0.15, 0.2) is 23.8 Å². The molecule has 0 aromatic rings. The van der Waals surface area contributed by atoms with Gasteiger partial charge < -0.3 is 5.11 Å². The van der Waals surface area contributed by atoms with Crippen LogP contribution in [0.25, 0.3) is 0 Å². The number of hydrogen-bond acceptors (Lipinski definition) is 1. The summed E-state index contributed by atoms with van der Waals surface area (Å²) < 4.78 is 0. The average molecular weight is 413 g/mol. The molecule has 30 heavy (non-hydrogen) atoms. The molecule has 1 N–H and O–H groups in total. The van der Waals surface area contributed by atoms with E-state index in [1.807, 2.05) is 0 Å². The lowest BCUT2D eigenvalue weighted by Gasteiger charge is -2.58. The third-order valence-corrected chi connectivity index (χ3v) is 10.8. The van der Waals surface area contributed by atoms with Crippen LogP contribution in [0.2, 0.25) is 0 Å². The third-order valence-electron chi connectivity index (χ3n) is 10.8. The fourth-order valence-corrected chi connectivity index (χ4v) is 8.83. The summed E-state index contributed by atoms with van der Waals surface area (Å²) in [5.74, 6) is 5.70. The molecule has 3 fully saturated rings. The molecule has 170 valence electrons. The van der Waals surface area contributed by atoms with Crippen LogP contribution >= 0.6 is 0 Å². The van der Waals surface area contributed by atoms with Crippen molar-refractivity contribution in [1.29, 1.82) is 0 Å². The molecule has 9 atom stereocenters. The molecular formula is C29H48O. The van der Waals surface area contributed by atoms with Crippen molar-refractivity contribution in [2.45, 2.75) is 105 Å². The number of aliphatic hydroxyl groups is 1. The third kappa shape index (κ3) is 3.66. The van der Waals surface area contributed by atoms with Crippen molar-refractivity contribution in [2.24, 2.45) is 52.3 Å². The molecule has 0 amide bonds. The molecule has 1 heteroatoms. The van der Waals surface area contributed by atoms with Crippen LogP contribution in [0.3, 0.4) is 0 Å². The van der Waals surface area contributed by atoms with Gasteiger partial charge in [-0.15, -0.1) is 0 Å². The van der Waals surface area contributed by atoms with E-state index in [0.717, 1.165) is 48.3 Å². The zero-order chi connectivity index (χ0) is 21.7. The van der Waals surface area contributed by atoms with E-state index in [-0.39, 0.29) is 6.10 Å². The van der Waals surface area contributed by atoms with E-state index >= 15 is 0 Å². The second-order valence-corrected chi connectivity index (χ2v) is 12.4. The SMILES string of the molecule is CC[C@H](/C=C\[C@H](C)[C@H]1CC[C@@H]2[C@H]3CC=C4C[C@@H](O)CC[C@]4(C)[C@H]3CC[C@@]21C)C(C)C. The van der Waals surface area contributed by atoms with E-state index in [1.165, 1.54) is 44.9 Å². The minimum atomic E-state index is -0.0870. The van der Waals surface area contributed by atoms with Crippen LogP contribution in [-0.2, 0) is 0 Å². The Labute approximate surface area is 186 Å². The van der Waals surface area contributed by atoms with Crippen LogP contribution in [0.4, 0.5) is 0 Å². The molecule has 4 aliphatic rings. The van der Waals surface area contributed by atoms with Crippen molar-refractivity contribution in [2.75, 3.05) is 0 Å². The zero-order valence-corrected chi connectivity index (χ0v) is 20.7. The Morgan fingerprint density at radius 3 is 2.50 bits per heavy atom. The Morgan fingerprint density at radius 2 is 1.80 bits per heavy atom. The first-order valence-electron chi connectivity index (χ1n) is 13.3. The van der Waals surface area contributed by atoms with Crippen LogP contribution < -0.4 is 0 Å². The molecule has 4 rings (SSSR count). The average Bonchev–Trinajstić information content (AvgIpc) is 3.06. The first-order valence-corrected chi connectivity index (χ1v) is 13.3. The molecule has 0 bridgehead atoms. The quantitative estimate of drug-likeness (QED) is 0.457. The molecule has 0 spiro atoms. The summed E-state index contributed by atoms with van der Waals surface area (Å²) in [4.78, 5) is 0. The number of fused-ring (bicyclic) bond motifs is 5. The van der Waals surface area contributed by atoms with Gasteiger partial charge in [-0.2, -0.15) is 0 Å². The lowest BCUT2D eigenvalue weighted by molar-refractivity contribution is -0.0540. The topological polar surface area (TPSA) is 20.2 Å². The molecule has 0 aliphatic heterocycles. The smallest absolute Gasteiger partial charge is 0.0577 e. The van der Waals surface area contributed by atoms with Gasteiger partial charge in [-0.05, 0) is 110 Å². The van der Waals surface area contributed by atoms with Crippen molar-refractivity contribution < 1.29 is 5.11 Å². The minimum absolute atomic E-state index is 0.0870. The second kappa shape index (κ2) is 8.42. The van der Waals surface area contributed by atoms with E-state index in [2.05, 4.69) is 59.8 Å². The molecule has 0 aromatic carbocycles. The van der Waals surface area contributed by atoms with Crippen LogP contribution in [0.1, 0.15) is 99.3 Å². The van der Waals surface area contributed by atoms with E-state index in [9.17, 15) is 5.11 Å². The molecule has 0 radical (unpaired) electrons. The van der Waals surface area contributed by atoms with Crippen molar-refractivity contribution >= 4 is 0 Å². The van der Waals surface area contributed by atoms with Gasteiger partial charge >= 0.3 is 0 Å². The Morgan fingerprint density at radius 1 is 1.03 bits per heavy atom. The summed E-state index contributed by atoms with van der Waals surface area (Å²) in [6.45, 7) is 14.8. The molecule has 1 nitrogen and oxygen atoms in total. The maximum Gasteiger partial charge on any atom is 0.0577 e. The fourth-order valence-electron chi connectivity index (χ4n) is 8.83. The molecule has 4 aliphatic carbocycles. The molecule has 3 saturated carbocycles. The lowest BCUT2D eigenvalue weighted by Crippen LogP contribution is -2.50. The largest absolute Gasteiger partial charge is 0.393 e. The molecule has 0 saturated heterocycles. The highest BCUT2D eigenvalue weighted by Crippen LogP contribution is 2.67. The van der Waals surface area contributed by atoms with E-state index in [0.29, 0.717) is 16.7 Å². The van der Waals surface area contributed by atoms with Gasteiger partial charge in [0.15, 0.2) is 0 Å². The molecule has 0 aromatic heterocycles. The van der Waals surface area contributed by atoms with Crippen molar-refractivity contribution in [3.8, 4) is 0 Å². The van der Waals surface area contributed by atoms with E-state index < -0.39 is 0 Å². The Bertz CT molecular complexity index is 674. The van der Waals surface area contributed by atoms with Crippen LogP contribution in [0.5, 0.6) is 0 Å². The van der Waals surface area contributed by atoms with Gasteiger partial charge in [0.05, 0.1) is 6.10 Å². The first kappa shape index (κ1) is 22.6. The predicted octanol–water partition coefficient (Wildman–Crippen LogP) is 7.80. The first-order chi connectivity index (χ1) is 14.2. The van der Waals surface area contributed by atoms with Crippen molar-refractivity contribution in [1.82, 2.24) is 0 Å². The van der Waals surface area contributed by atoms with Gasteiger partial charge in [-0.25, -0.2) is 0 Å². The lowest BCUT2D eigenvalue weighted by atomic mass is 9.47. The van der Waals surface area contributed by atoms with Gasteiger partial charge in [0.1, 0.15) is 0 Å². The van der Waals surface area contributed by atoms with Crippen molar-refractivity contribution in [3.05, 3.63) is 23.8 Å². The van der Waals surface area contributed by atoms with Crippen molar-refractivity contribution in [3.63, 3.8) is 0 Å². The highest BCUT2D eigenvalue weighted by Gasteiger charge is 2.58. The maximum absolute atomic E-state index is 10.2. The monoisotopic (exact) mass is 412 g/mol. The maximum atomic E-state index is 10.2. The Kier molecular flexibility index (Phi) is 6.35. The summed E-state index contributed by atoms with van der Waals surface area (Å²) in [7, 11) is 0. The Balaban J connectivity index is 1.52. The van der Waals surface area contributed by atoms with Crippen LogP contribution in [0, 0.1) is 52.3 Å². The van der Waals surface area contributed by atoms with Gasteiger partial charge in [0.2, 0.25) is 0 Å². The number of hydrogen-bond donors (Lipinski definition) is 1. The van der Waals surface area contributed by atoms with E-state index in [4.69, 9.17) is 0 Å². The Hall–Kier alpha value is -0.560. The summed E-state index contributed by atoms with van der Waals surface area (Å²) in [6, 6.07) is 0. The second-order valence-electron chi connectivity index (χ2n) is 12.4. The van der Waals surface area contributed by atoms with E-state index in [1.54, 1.807) is 5.57 Å². The number of allylic oxidation sites excluding steroid dienone is 3. The van der Waals surface area contributed by atoms with Gasteiger partial charge in [0, 0.05) is 0 Å². The van der Waals surface area contributed by atoms with Gasteiger partial charge in [-0.3, -0.25) is 0 Å². The normalized spacial score (nSPS) is 45.6. The minimum Gasteiger partial charge on any atom is -0.393 e. The van der Waals surface area contributed by atoms with Gasteiger partial charge in [-0.1, -0.05) is 65.3 Å². The fraction of sp³-hybridized carbons (Fsp3) is 0.862. The molecular weight excluding hydrogens is 364 g/mol. The standard InChI is InChI=1S/C29H48O/c1-7-21(19(2)3)9-8-20(4)25-12-13-26-24-11-10-22-18-23(30)14-16-28(22,5)27(24)15-17-29(25,26)6/h8-10,19-21,23-27,30H,7,11-18H2,1-6H3/b9-8-/t20-,21+,23-,24+,25+,26+,27-,28-,29+/m0/s1. The summed E-state index contributed by atoms with van der Waals surface area (Å²) in [5.41, 5.74) is 2.51. The van der Waals surface area contributed by atoms with Gasteiger partial charge in [0.25, 0.3) is 0 Å². The summed E-state index contributed by atoms with van der Waals surface area (Å²) in [5, 5.41) is 10.2. The molecule has 0 unspecified atom stereocenters.